The molecule has 1 unspecified atom stereocenters. The highest BCUT2D eigenvalue weighted by atomic mass is 16.5. The highest BCUT2D eigenvalue weighted by molar-refractivity contribution is 5.97. The van der Waals surface area contributed by atoms with Crippen molar-refractivity contribution in [3.05, 3.63) is 35.4 Å². The van der Waals surface area contributed by atoms with Crippen molar-refractivity contribution in [3.63, 3.8) is 0 Å². The first-order valence-electron chi connectivity index (χ1n) is 8.76. The molecule has 140 valence electrons. The van der Waals surface area contributed by atoms with Gasteiger partial charge in [0.25, 0.3) is 5.91 Å². The average Bonchev–Trinajstić information content (AvgIpc) is 3.15. The Hall–Kier alpha value is -2.45. The second-order valence-electron chi connectivity index (χ2n) is 6.60. The van der Waals surface area contributed by atoms with Gasteiger partial charge in [0.15, 0.2) is 0 Å². The number of carboxylic acid groups (broad SMARTS) is 1. The Kier molecular flexibility index (Phi) is 5.85. The number of carboxylic acids is 1. The van der Waals surface area contributed by atoms with Crippen LogP contribution in [0.5, 0.6) is 0 Å². The van der Waals surface area contributed by atoms with Crippen molar-refractivity contribution in [2.75, 3.05) is 39.4 Å². The number of carbonyl (C=O) groups excluding carboxylic acids is 2. The molecule has 0 radical (unpaired) electrons. The van der Waals surface area contributed by atoms with Gasteiger partial charge in [-0.05, 0) is 30.5 Å². The summed E-state index contributed by atoms with van der Waals surface area (Å²) >= 11 is 0. The van der Waals surface area contributed by atoms with Gasteiger partial charge in [0.1, 0.15) is 0 Å². The Morgan fingerprint density at radius 3 is 2.69 bits per heavy atom. The largest absolute Gasteiger partial charge is 0.478 e. The lowest BCUT2D eigenvalue weighted by Crippen LogP contribution is -2.48. The van der Waals surface area contributed by atoms with Crippen molar-refractivity contribution < 1.29 is 24.2 Å². The van der Waals surface area contributed by atoms with E-state index in [1.54, 1.807) is 12.1 Å². The summed E-state index contributed by atoms with van der Waals surface area (Å²) in [7, 11) is 0. The number of rotatable bonds is 5. The van der Waals surface area contributed by atoms with Gasteiger partial charge >= 0.3 is 5.97 Å². The summed E-state index contributed by atoms with van der Waals surface area (Å²) in [6, 6.07) is 5.72. The van der Waals surface area contributed by atoms with Crippen LogP contribution in [0.25, 0.3) is 0 Å². The quantitative estimate of drug-likeness (QED) is 0.679. The van der Waals surface area contributed by atoms with E-state index in [9.17, 15) is 14.4 Å². The van der Waals surface area contributed by atoms with Crippen LogP contribution in [0.3, 0.4) is 0 Å². The molecule has 1 aromatic rings. The van der Waals surface area contributed by atoms with Crippen LogP contribution in [0.15, 0.2) is 24.3 Å². The number of benzene rings is 1. The first-order valence-corrected chi connectivity index (χ1v) is 8.76. The molecule has 0 bridgehead atoms. The molecule has 3 rings (SSSR count). The second kappa shape index (κ2) is 8.29. The monoisotopic (exact) mass is 361 g/mol. The smallest absolute Gasteiger partial charge is 0.335 e. The standard InChI is InChI=1S/C18H23N3O5/c22-16(13-2-1-3-14(9-13)18(24)25)20-11-12-8-15(19-10-12)17(23)21-4-6-26-7-5-21/h1-3,9,12,15,19H,4-8,10-11H2,(H,20,22)(H,24,25)/t12?,15-/m0/s1. The molecule has 2 saturated heterocycles. The highest BCUT2D eigenvalue weighted by Gasteiger charge is 2.32. The van der Waals surface area contributed by atoms with E-state index < -0.39 is 5.97 Å². The van der Waals surface area contributed by atoms with Crippen molar-refractivity contribution in [3.8, 4) is 0 Å². The van der Waals surface area contributed by atoms with Crippen molar-refractivity contribution >= 4 is 17.8 Å². The van der Waals surface area contributed by atoms with Crippen molar-refractivity contribution in [2.24, 2.45) is 5.92 Å². The molecular weight excluding hydrogens is 338 g/mol. The fraction of sp³-hybridized carbons (Fsp3) is 0.500. The number of aromatic carboxylic acids is 1. The van der Waals surface area contributed by atoms with E-state index in [-0.39, 0.29) is 29.3 Å². The van der Waals surface area contributed by atoms with Crippen LogP contribution in [0.1, 0.15) is 27.1 Å². The number of nitrogens with one attached hydrogen (secondary N) is 2. The van der Waals surface area contributed by atoms with Gasteiger partial charge in [-0.1, -0.05) is 6.07 Å². The van der Waals surface area contributed by atoms with E-state index in [2.05, 4.69) is 10.6 Å². The number of morpholine rings is 1. The number of nitrogens with zero attached hydrogens (tertiary/aromatic N) is 1. The molecule has 2 heterocycles. The number of hydrogen-bond donors (Lipinski definition) is 3. The molecule has 0 saturated carbocycles. The summed E-state index contributed by atoms with van der Waals surface area (Å²) in [5.74, 6) is -1.12. The van der Waals surface area contributed by atoms with Gasteiger partial charge in [0, 0.05) is 31.7 Å². The van der Waals surface area contributed by atoms with Crippen LogP contribution in [-0.4, -0.2) is 73.2 Å². The molecule has 3 N–H and O–H groups in total. The summed E-state index contributed by atoms with van der Waals surface area (Å²) < 4.78 is 5.27. The number of hydrogen-bond acceptors (Lipinski definition) is 5. The van der Waals surface area contributed by atoms with E-state index in [1.807, 2.05) is 4.90 Å². The highest BCUT2D eigenvalue weighted by Crippen LogP contribution is 2.16. The summed E-state index contributed by atoms with van der Waals surface area (Å²) in [5.41, 5.74) is 0.396. The fourth-order valence-corrected chi connectivity index (χ4v) is 3.29. The fourth-order valence-electron chi connectivity index (χ4n) is 3.29. The maximum atomic E-state index is 12.5. The van der Waals surface area contributed by atoms with Crippen LogP contribution in [-0.2, 0) is 9.53 Å². The van der Waals surface area contributed by atoms with Crippen LogP contribution in [0.4, 0.5) is 0 Å². The lowest BCUT2D eigenvalue weighted by atomic mass is 10.0. The van der Waals surface area contributed by atoms with Crippen LogP contribution in [0, 0.1) is 5.92 Å². The average molecular weight is 361 g/mol. The van der Waals surface area contributed by atoms with Gasteiger partial charge in [-0.2, -0.15) is 0 Å². The molecular formula is C18H23N3O5. The Labute approximate surface area is 151 Å². The maximum absolute atomic E-state index is 12.5. The molecule has 8 nitrogen and oxygen atoms in total. The second-order valence-corrected chi connectivity index (χ2v) is 6.60. The zero-order valence-corrected chi connectivity index (χ0v) is 14.4. The van der Waals surface area contributed by atoms with Crippen LogP contribution < -0.4 is 10.6 Å². The topological polar surface area (TPSA) is 108 Å². The van der Waals surface area contributed by atoms with Gasteiger partial charge in [0.05, 0.1) is 24.8 Å². The molecule has 0 aliphatic carbocycles. The number of ether oxygens (including phenoxy) is 1. The predicted molar refractivity (Wildman–Crippen MR) is 93.0 cm³/mol. The third kappa shape index (κ3) is 4.39. The third-order valence-corrected chi connectivity index (χ3v) is 4.77. The SMILES string of the molecule is O=C(O)c1cccc(C(=O)NCC2CN[C@H](C(=O)N3CCOCC3)C2)c1. The molecule has 0 spiro atoms. The van der Waals surface area contributed by atoms with Gasteiger partial charge < -0.3 is 25.4 Å². The summed E-state index contributed by atoms with van der Waals surface area (Å²) in [4.78, 5) is 37.5. The van der Waals surface area contributed by atoms with Gasteiger partial charge in [0.2, 0.25) is 5.91 Å². The minimum atomic E-state index is -1.07. The molecule has 2 aliphatic rings. The van der Waals surface area contributed by atoms with E-state index >= 15 is 0 Å². The Balaban J connectivity index is 1.48. The minimum absolute atomic E-state index is 0.0800. The van der Waals surface area contributed by atoms with E-state index in [0.29, 0.717) is 51.4 Å². The molecule has 26 heavy (non-hydrogen) atoms. The van der Waals surface area contributed by atoms with Gasteiger partial charge in [-0.25, -0.2) is 4.79 Å². The molecule has 2 aliphatic heterocycles. The van der Waals surface area contributed by atoms with Crippen LogP contribution >= 0.6 is 0 Å². The minimum Gasteiger partial charge on any atom is -0.478 e. The van der Waals surface area contributed by atoms with E-state index in [4.69, 9.17) is 9.84 Å². The van der Waals surface area contributed by atoms with Crippen molar-refractivity contribution in [2.45, 2.75) is 12.5 Å². The Morgan fingerprint density at radius 1 is 1.23 bits per heavy atom. The molecule has 0 aromatic heterocycles. The zero-order valence-electron chi connectivity index (χ0n) is 14.4. The van der Waals surface area contributed by atoms with E-state index in [1.165, 1.54) is 12.1 Å². The van der Waals surface area contributed by atoms with Crippen LogP contribution in [0.2, 0.25) is 0 Å². The zero-order chi connectivity index (χ0) is 18.5. The first-order chi connectivity index (χ1) is 12.5. The van der Waals surface area contributed by atoms with Crippen molar-refractivity contribution in [1.82, 2.24) is 15.5 Å². The van der Waals surface area contributed by atoms with E-state index in [0.717, 1.165) is 0 Å². The lowest BCUT2D eigenvalue weighted by molar-refractivity contribution is -0.137. The van der Waals surface area contributed by atoms with Gasteiger partial charge in [-0.15, -0.1) is 0 Å². The van der Waals surface area contributed by atoms with Gasteiger partial charge in [-0.3, -0.25) is 9.59 Å². The molecule has 2 fully saturated rings. The molecule has 2 atom stereocenters. The molecule has 1 aromatic carbocycles. The molecule has 2 amide bonds. The Morgan fingerprint density at radius 2 is 1.96 bits per heavy atom. The maximum Gasteiger partial charge on any atom is 0.335 e. The molecule has 8 heteroatoms. The predicted octanol–water partition coefficient (Wildman–Crippen LogP) is -0.0485. The first kappa shape index (κ1) is 18.3. The normalized spacial score (nSPS) is 22.8. The lowest BCUT2D eigenvalue weighted by Gasteiger charge is -2.29. The number of amides is 2. The summed E-state index contributed by atoms with van der Waals surface area (Å²) in [6.45, 7) is 3.50. The number of carbonyl (C=O) groups is 3. The summed E-state index contributed by atoms with van der Waals surface area (Å²) in [6.07, 6.45) is 0.672. The summed E-state index contributed by atoms with van der Waals surface area (Å²) in [5, 5.41) is 15.1. The Bertz CT molecular complexity index is 687. The third-order valence-electron chi connectivity index (χ3n) is 4.77. The van der Waals surface area contributed by atoms with Crippen molar-refractivity contribution in [1.29, 1.82) is 0 Å².